The van der Waals surface area contributed by atoms with Crippen molar-refractivity contribution in [2.75, 3.05) is 13.6 Å². The van der Waals surface area contributed by atoms with Crippen LogP contribution in [0.2, 0.25) is 5.02 Å². The number of carbonyl (C=O) groups is 1. The normalized spacial score (nSPS) is 12.0. The topological polar surface area (TPSA) is 122 Å². The molecule has 1 heterocycles. The SMILES string of the molecule is C[C@@H](O)CCN(C)C(=O)c1nn(-c2cc(Cl)ccc2[N+](=O)[O-])cc1O. The second kappa shape index (κ2) is 7.49. The van der Waals surface area contributed by atoms with Crippen LogP contribution in [0.1, 0.15) is 23.8 Å². The van der Waals surface area contributed by atoms with Gasteiger partial charge in [0, 0.05) is 24.7 Å². The van der Waals surface area contributed by atoms with Crippen LogP contribution in [0.3, 0.4) is 0 Å². The largest absolute Gasteiger partial charge is 0.504 e. The predicted octanol–water partition coefficient (Wildman–Crippen LogP) is 1.98. The number of halogens is 1. The molecular weight excluding hydrogens is 352 g/mol. The summed E-state index contributed by atoms with van der Waals surface area (Å²) in [6.45, 7) is 1.86. The molecule has 1 aromatic carbocycles. The molecule has 0 aliphatic carbocycles. The molecule has 2 N–H and O–H groups in total. The number of rotatable bonds is 6. The maximum atomic E-state index is 12.4. The van der Waals surface area contributed by atoms with Crippen LogP contribution >= 0.6 is 11.6 Å². The number of amides is 1. The summed E-state index contributed by atoms with van der Waals surface area (Å²) in [4.78, 5) is 24.2. The second-order valence-electron chi connectivity index (χ2n) is 5.56. The summed E-state index contributed by atoms with van der Waals surface area (Å²) in [5.74, 6) is -0.982. The van der Waals surface area contributed by atoms with Crippen LogP contribution in [0, 0.1) is 10.1 Å². The van der Waals surface area contributed by atoms with Gasteiger partial charge in [0.15, 0.2) is 11.4 Å². The summed E-state index contributed by atoms with van der Waals surface area (Å²) in [6, 6.07) is 3.90. The Balaban J connectivity index is 2.36. The first-order valence-electron chi connectivity index (χ1n) is 7.37. The highest BCUT2D eigenvalue weighted by atomic mass is 35.5. The van der Waals surface area contributed by atoms with Gasteiger partial charge in [-0.1, -0.05) is 11.6 Å². The Morgan fingerprint density at radius 1 is 1.52 bits per heavy atom. The number of nitrogens with zero attached hydrogens (tertiary/aromatic N) is 4. The fourth-order valence-electron chi connectivity index (χ4n) is 2.14. The van der Waals surface area contributed by atoms with Crippen molar-refractivity contribution in [2.45, 2.75) is 19.4 Å². The third-order valence-corrected chi connectivity index (χ3v) is 3.74. The van der Waals surface area contributed by atoms with Gasteiger partial charge < -0.3 is 15.1 Å². The lowest BCUT2D eigenvalue weighted by Crippen LogP contribution is -2.30. The second-order valence-corrected chi connectivity index (χ2v) is 6.00. The Hall–Kier alpha value is -2.65. The zero-order valence-electron chi connectivity index (χ0n) is 13.6. The highest BCUT2D eigenvalue weighted by molar-refractivity contribution is 6.30. The number of nitro benzene ring substituents is 1. The Morgan fingerprint density at radius 2 is 2.20 bits per heavy atom. The molecule has 0 saturated heterocycles. The molecule has 0 aliphatic rings. The average Bonchev–Trinajstić information content (AvgIpc) is 2.93. The zero-order chi connectivity index (χ0) is 18.7. The minimum atomic E-state index is -0.610. The molecule has 0 saturated carbocycles. The number of benzene rings is 1. The number of nitro groups is 1. The number of hydrogen-bond donors (Lipinski definition) is 2. The van der Waals surface area contributed by atoms with Crippen molar-refractivity contribution in [3.05, 3.63) is 45.2 Å². The van der Waals surface area contributed by atoms with Gasteiger partial charge in [-0.2, -0.15) is 5.10 Å². The van der Waals surface area contributed by atoms with Crippen LogP contribution in [0.4, 0.5) is 5.69 Å². The fraction of sp³-hybridized carbons (Fsp3) is 0.333. The van der Waals surface area contributed by atoms with Crippen LogP contribution in [0.25, 0.3) is 5.69 Å². The van der Waals surface area contributed by atoms with Gasteiger partial charge in [0.2, 0.25) is 0 Å². The molecule has 0 radical (unpaired) electrons. The van der Waals surface area contributed by atoms with Crippen molar-refractivity contribution in [2.24, 2.45) is 0 Å². The summed E-state index contributed by atoms with van der Waals surface area (Å²) in [5, 5.41) is 34.7. The van der Waals surface area contributed by atoms with Crippen LogP contribution in [-0.4, -0.2) is 55.4 Å². The molecule has 1 amide bonds. The summed E-state index contributed by atoms with van der Waals surface area (Å²) in [7, 11) is 1.50. The molecule has 0 spiro atoms. The lowest BCUT2D eigenvalue weighted by atomic mass is 10.2. The number of aromatic hydroxyl groups is 1. The van der Waals surface area contributed by atoms with Crippen molar-refractivity contribution in [3.63, 3.8) is 0 Å². The van der Waals surface area contributed by atoms with E-state index in [-0.39, 0.29) is 28.6 Å². The van der Waals surface area contributed by atoms with E-state index >= 15 is 0 Å². The molecule has 0 unspecified atom stereocenters. The molecule has 25 heavy (non-hydrogen) atoms. The minimum absolute atomic E-state index is 0.0264. The van der Waals surface area contributed by atoms with Gasteiger partial charge in [-0.15, -0.1) is 0 Å². The van der Waals surface area contributed by atoms with E-state index in [0.717, 1.165) is 10.9 Å². The number of aliphatic hydroxyl groups is 1. The van der Waals surface area contributed by atoms with E-state index in [1.807, 2.05) is 0 Å². The van der Waals surface area contributed by atoms with Crippen LogP contribution in [0.15, 0.2) is 24.4 Å². The molecule has 0 bridgehead atoms. The van der Waals surface area contributed by atoms with Crippen molar-refractivity contribution in [1.29, 1.82) is 0 Å². The molecule has 0 aliphatic heterocycles. The Labute approximate surface area is 148 Å². The molecule has 1 atom stereocenters. The third-order valence-electron chi connectivity index (χ3n) is 3.51. The molecule has 2 aromatic rings. The summed E-state index contributed by atoms with van der Waals surface area (Å²) in [5.41, 5.74) is -0.491. The van der Waals surface area contributed by atoms with E-state index in [9.17, 15) is 25.1 Å². The van der Waals surface area contributed by atoms with Gasteiger partial charge in [-0.25, -0.2) is 4.68 Å². The number of aromatic nitrogens is 2. The summed E-state index contributed by atoms with van der Waals surface area (Å²) in [6.07, 6.45) is 0.897. The first-order valence-corrected chi connectivity index (χ1v) is 7.75. The minimum Gasteiger partial charge on any atom is -0.504 e. The fourth-order valence-corrected chi connectivity index (χ4v) is 2.30. The highest BCUT2D eigenvalue weighted by Crippen LogP contribution is 2.28. The molecule has 134 valence electrons. The molecule has 10 heteroatoms. The van der Waals surface area contributed by atoms with Crippen molar-refractivity contribution >= 4 is 23.2 Å². The molecular formula is C15H17ClN4O5. The van der Waals surface area contributed by atoms with Crippen LogP contribution < -0.4 is 0 Å². The summed E-state index contributed by atoms with van der Waals surface area (Å²) < 4.78 is 1.04. The van der Waals surface area contributed by atoms with Crippen molar-refractivity contribution < 1.29 is 19.9 Å². The van der Waals surface area contributed by atoms with E-state index in [1.165, 1.54) is 30.1 Å². The number of carbonyl (C=O) groups excluding carboxylic acids is 1. The average molecular weight is 369 g/mol. The molecule has 0 fully saturated rings. The van der Waals surface area contributed by atoms with E-state index in [0.29, 0.717) is 6.42 Å². The third kappa shape index (κ3) is 4.25. The zero-order valence-corrected chi connectivity index (χ0v) is 14.3. The summed E-state index contributed by atoms with van der Waals surface area (Å²) >= 11 is 5.88. The van der Waals surface area contributed by atoms with Gasteiger partial charge in [0.05, 0.1) is 17.2 Å². The van der Waals surface area contributed by atoms with E-state index in [1.54, 1.807) is 6.92 Å². The van der Waals surface area contributed by atoms with E-state index in [2.05, 4.69) is 5.10 Å². The first kappa shape index (κ1) is 18.7. The Kier molecular flexibility index (Phi) is 5.60. The maximum absolute atomic E-state index is 12.4. The molecule has 1 aromatic heterocycles. The van der Waals surface area contributed by atoms with Crippen LogP contribution in [0.5, 0.6) is 5.75 Å². The van der Waals surface area contributed by atoms with Crippen molar-refractivity contribution in [3.8, 4) is 11.4 Å². The van der Waals surface area contributed by atoms with Crippen LogP contribution in [-0.2, 0) is 0 Å². The van der Waals surface area contributed by atoms with Gasteiger partial charge >= 0.3 is 0 Å². The number of hydrogen-bond acceptors (Lipinski definition) is 6. The maximum Gasteiger partial charge on any atom is 0.294 e. The molecule has 9 nitrogen and oxygen atoms in total. The lowest BCUT2D eigenvalue weighted by Gasteiger charge is -2.16. The standard InChI is InChI=1S/C15H17ClN4O5/c1-9(21)5-6-18(2)15(23)14-13(22)8-19(17-14)12-7-10(16)3-4-11(12)20(24)25/h3-4,7-9,21-22H,5-6H2,1-2H3/t9-/m1/s1. The van der Waals surface area contributed by atoms with E-state index in [4.69, 9.17) is 11.6 Å². The Bertz CT molecular complexity index is 805. The first-order chi connectivity index (χ1) is 11.7. The highest BCUT2D eigenvalue weighted by Gasteiger charge is 2.24. The van der Waals surface area contributed by atoms with Gasteiger partial charge in [0.1, 0.15) is 5.69 Å². The van der Waals surface area contributed by atoms with Gasteiger partial charge in [-0.05, 0) is 25.5 Å². The number of aliphatic hydroxyl groups excluding tert-OH is 1. The van der Waals surface area contributed by atoms with Crippen molar-refractivity contribution in [1.82, 2.24) is 14.7 Å². The van der Waals surface area contributed by atoms with Gasteiger partial charge in [-0.3, -0.25) is 14.9 Å². The van der Waals surface area contributed by atoms with E-state index < -0.39 is 22.7 Å². The molecule has 2 rings (SSSR count). The van der Waals surface area contributed by atoms with Gasteiger partial charge in [0.25, 0.3) is 11.6 Å². The lowest BCUT2D eigenvalue weighted by molar-refractivity contribution is -0.384. The Morgan fingerprint density at radius 3 is 2.80 bits per heavy atom. The predicted molar refractivity (Wildman–Crippen MR) is 90.2 cm³/mol. The smallest absolute Gasteiger partial charge is 0.294 e. The monoisotopic (exact) mass is 368 g/mol. The quantitative estimate of drug-likeness (QED) is 0.594.